The Morgan fingerprint density at radius 1 is 1.08 bits per heavy atom. The molecule has 0 aliphatic rings. The number of hydrogen-bond acceptors (Lipinski definition) is 6. The molecule has 0 heterocycles. The number of carbonyl (C=O) groups excluding carboxylic acids is 2. The van der Waals surface area contributed by atoms with E-state index in [1.807, 2.05) is 6.92 Å². The predicted molar refractivity (Wildman–Crippen MR) is 26.7 cm³/mol. The van der Waals surface area contributed by atoms with Crippen molar-refractivity contribution in [3.05, 3.63) is 12.7 Å². The summed E-state index contributed by atoms with van der Waals surface area (Å²) in [7, 11) is 0. The van der Waals surface area contributed by atoms with Crippen molar-refractivity contribution in [1.29, 1.82) is 0 Å². The molecule has 6 nitrogen and oxygen atoms in total. The molecular formula is C5H6O6Pu. The van der Waals surface area contributed by atoms with Crippen molar-refractivity contribution < 1.29 is 59.2 Å². The molecule has 7 heteroatoms. The molecule has 0 radical (unpaired) electrons. The van der Waals surface area contributed by atoms with E-state index >= 15 is 0 Å². The Bertz CT molecular complexity index is 103. The van der Waals surface area contributed by atoms with E-state index in [1.54, 1.807) is 6.08 Å². The number of allylic oxidation sites excluding steroid dienone is 1. The molecule has 68 valence electrons. The van der Waals surface area contributed by atoms with Crippen LogP contribution in [0.2, 0.25) is 0 Å². The molecule has 0 aliphatic heterocycles. The smallest absolute Gasteiger partial charge is 0.652 e. The monoisotopic (exact) mass is 400 g/mol. The van der Waals surface area contributed by atoms with Crippen LogP contribution in [0.3, 0.4) is 0 Å². The number of rotatable bonds is 0. The third-order valence-corrected chi connectivity index (χ3v) is 0. The number of carbonyl (C=O) groups is 2. The van der Waals surface area contributed by atoms with Gasteiger partial charge in [-0.3, -0.25) is 0 Å². The topological polar surface area (TPSA) is 126 Å². The van der Waals surface area contributed by atoms with Crippen LogP contribution >= 0.6 is 0 Å². The second-order valence-electron chi connectivity index (χ2n) is 0.908. The van der Waals surface area contributed by atoms with E-state index in [-0.39, 0.29) is 29.2 Å². The van der Waals surface area contributed by atoms with Crippen LogP contribution in [0.4, 0.5) is 9.59 Å². The van der Waals surface area contributed by atoms with E-state index in [0.29, 0.717) is 0 Å². The normalized spacial score (nSPS) is 5.08. The summed E-state index contributed by atoms with van der Waals surface area (Å²) in [5.41, 5.74) is 0. The Balaban J connectivity index is -0.0000000389. The average Bonchev–Trinajstić information content (AvgIpc) is 1.60. The first kappa shape index (κ1) is 22.5. The Labute approximate surface area is 91.1 Å². The van der Waals surface area contributed by atoms with Gasteiger partial charge in [0.15, 0.2) is 0 Å². The van der Waals surface area contributed by atoms with E-state index < -0.39 is 12.3 Å². The number of hydrogen-bond donors (Lipinski definition) is 0. The molecule has 0 bridgehead atoms. The summed E-state index contributed by atoms with van der Waals surface area (Å²) in [4.78, 5) is 16.7. The van der Waals surface area contributed by atoms with Crippen LogP contribution in [-0.2, 0) is 0 Å². The summed E-state index contributed by atoms with van der Waals surface area (Å²) in [5.74, 6) is 0. The van der Waals surface area contributed by atoms with Gasteiger partial charge in [-0.15, -0.1) is 6.58 Å². The van der Waals surface area contributed by atoms with Crippen molar-refractivity contribution in [2.75, 3.05) is 0 Å². The zero-order chi connectivity index (χ0) is 9.86. The summed E-state index contributed by atoms with van der Waals surface area (Å²) in [6.45, 7) is 5.25. The summed E-state index contributed by atoms with van der Waals surface area (Å²) in [5, 5.41) is 33.3. The van der Waals surface area contributed by atoms with Gasteiger partial charge in [-0.25, -0.2) is 0 Å². The van der Waals surface area contributed by atoms with Crippen LogP contribution < -0.4 is 20.4 Å². The Kier molecular flexibility index (Phi) is 42.1. The summed E-state index contributed by atoms with van der Waals surface area (Å²) >= 11 is 0. The van der Waals surface area contributed by atoms with Crippen LogP contribution in [0.25, 0.3) is 0 Å². The molecule has 0 N–H and O–H groups in total. The summed E-state index contributed by atoms with van der Waals surface area (Å²) in [6.07, 6.45) is -2.92. The average molecular weight is 406 g/mol. The van der Waals surface area contributed by atoms with Crippen molar-refractivity contribution in [1.82, 2.24) is 0 Å². The van der Waals surface area contributed by atoms with Crippen molar-refractivity contribution in [3.63, 3.8) is 0 Å². The molecule has 0 unspecified atom stereocenters. The van der Waals surface area contributed by atoms with Crippen LogP contribution in [0.15, 0.2) is 12.7 Å². The van der Waals surface area contributed by atoms with E-state index in [0.717, 1.165) is 0 Å². The molecule has 12 heavy (non-hydrogen) atoms. The molecule has 0 spiro atoms. The van der Waals surface area contributed by atoms with Gasteiger partial charge in [0.05, 0.1) is 0 Å². The van der Waals surface area contributed by atoms with Crippen LogP contribution in [-0.4, -0.2) is 12.3 Å². The molecule has 0 saturated heterocycles. The molecule has 0 aliphatic carbocycles. The second-order valence-corrected chi connectivity index (χ2v) is 0.908. The molecule has 0 fully saturated rings. The minimum Gasteiger partial charge on any atom is -0.652 e. The van der Waals surface area contributed by atoms with Gasteiger partial charge >= 0.3 is 29.2 Å². The third-order valence-electron chi connectivity index (χ3n) is 0. The summed E-state index contributed by atoms with van der Waals surface area (Å²) < 4.78 is 0. The molecule has 0 aromatic heterocycles. The maximum atomic E-state index is 8.33. The first-order valence-electron chi connectivity index (χ1n) is 2.21. The van der Waals surface area contributed by atoms with E-state index in [4.69, 9.17) is 30.0 Å². The van der Waals surface area contributed by atoms with Gasteiger partial charge in [0.1, 0.15) is 0 Å². The van der Waals surface area contributed by atoms with Gasteiger partial charge < -0.3 is 30.0 Å². The maximum Gasteiger partial charge on any atom is 4.00 e. The minimum atomic E-state index is -2.33. The van der Waals surface area contributed by atoms with Gasteiger partial charge in [0.25, 0.3) is 0 Å². The van der Waals surface area contributed by atoms with Crippen LogP contribution in [0.5, 0.6) is 0 Å². The van der Waals surface area contributed by atoms with Gasteiger partial charge in [-0.1, -0.05) is 6.08 Å². The van der Waals surface area contributed by atoms with Crippen molar-refractivity contribution >= 4 is 12.3 Å². The van der Waals surface area contributed by atoms with Crippen molar-refractivity contribution in [2.45, 2.75) is 6.92 Å². The zero-order valence-corrected chi connectivity index (χ0v) is 9.54. The number of carboxylic acid groups (broad SMARTS) is 4. The standard InChI is InChI=1S/C3H6.2CH2O3.Pu/c1-3-2;2*2-1(3)4;/h3H,1H2,2H3;2*(H2,2,3,4);/q;;;+4/p-4. The van der Waals surface area contributed by atoms with Gasteiger partial charge in [0.2, 0.25) is 0 Å². The minimum absolute atomic E-state index is 0. The van der Waals surface area contributed by atoms with E-state index in [2.05, 4.69) is 6.58 Å². The van der Waals surface area contributed by atoms with Gasteiger partial charge in [0, 0.05) is 0 Å². The predicted octanol–water partition coefficient (Wildman–Crippen LogP) is -3.70. The summed E-state index contributed by atoms with van der Waals surface area (Å²) in [6, 6.07) is 0. The van der Waals surface area contributed by atoms with E-state index in [9.17, 15) is 0 Å². The largest absolute Gasteiger partial charge is 4.00 e. The Morgan fingerprint density at radius 2 is 1.08 bits per heavy atom. The molecule has 0 amide bonds. The molecular weight excluding hydrogens is 400 g/mol. The van der Waals surface area contributed by atoms with Crippen molar-refractivity contribution in [3.8, 4) is 0 Å². The quantitative estimate of drug-likeness (QED) is 0.381. The maximum absolute atomic E-state index is 8.33. The fourth-order valence-electron chi connectivity index (χ4n) is 0. The fourth-order valence-corrected chi connectivity index (χ4v) is 0. The SMILES string of the molecule is C=CC.O=C([O-])[O-].O=C([O-])[O-].[Pu+4]. The first-order valence-corrected chi connectivity index (χ1v) is 2.21. The molecule has 0 rings (SSSR count). The van der Waals surface area contributed by atoms with Crippen LogP contribution in [0, 0.1) is 29.2 Å². The van der Waals surface area contributed by atoms with E-state index in [1.165, 1.54) is 0 Å². The Morgan fingerprint density at radius 3 is 1.08 bits per heavy atom. The molecule has 0 saturated carbocycles. The van der Waals surface area contributed by atoms with Crippen LogP contribution in [0.1, 0.15) is 6.92 Å². The first-order chi connectivity index (χ1) is 4.88. The second kappa shape index (κ2) is 22.4. The molecule has 0 atom stereocenters. The zero-order valence-electron chi connectivity index (χ0n) is 6.14. The third kappa shape index (κ3) is 1180. The van der Waals surface area contributed by atoms with Crippen molar-refractivity contribution in [2.24, 2.45) is 0 Å². The molecule has 0 aromatic carbocycles. The van der Waals surface area contributed by atoms with Gasteiger partial charge in [-0.2, -0.15) is 0 Å². The Hall–Kier alpha value is -0.733. The van der Waals surface area contributed by atoms with Gasteiger partial charge in [-0.05, 0) is 19.2 Å². The fraction of sp³-hybridized carbons (Fsp3) is 0.200. The molecule has 0 aromatic rings.